The van der Waals surface area contributed by atoms with Crippen molar-refractivity contribution in [3.63, 3.8) is 0 Å². The molecule has 174 valence electrons. The van der Waals surface area contributed by atoms with Crippen molar-refractivity contribution in [2.24, 2.45) is 0 Å². The molecule has 4 aromatic rings. The van der Waals surface area contributed by atoms with Gasteiger partial charge in [0.05, 0.1) is 6.20 Å². The van der Waals surface area contributed by atoms with Gasteiger partial charge in [0, 0.05) is 11.1 Å². The Hall–Kier alpha value is -3.31. The summed E-state index contributed by atoms with van der Waals surface area (Å²) in [6.45, 7) is 4.06. The highest BCUT2D eigenvalue weighted by Crippen LogP contribution is 2.26. The highest BCUT2D eigenvalue weighted by Gasteiger charge is 2.12. The molecule has 6 heteroatoms. The van der Waals surface area contributed by atoms with Crippen LogP contribution in [0.2, 0.25) is 5.02 Å². The van der Waals surface area contributed by atoms with Gasteiger partial charge in [-0.1, -0.05) is 54.6 Å². The summed E-state index contributed by atoms with van der Waals surface area (Å²) in [6, 6.07) is 15.5. The molecule has 0 aliphatic heterocycles. The number of nitrogens with zero attached hydrogens (tertiary/aromatic N) is 1. The molecule has 0 fully saturated rings. The van der Waals surface area contributed by atoms with E-state index >= 15 is 4.39 Å². The number of pyridine rings is 1. The molecule has 2 nitrogen and oxygen atoms in total. The van der Waals surface area contributed by atoms with Gasteiger partial charge in [0.2, 0.25) is 0 Å². The first-order valence-corrected chi connectivity index (χ1v) is 11.3. The minimum absolute atomic E-state index is 0.302. The first kappa shape index (κ1) is 23.8. The molecule has 0 unspecified atom stereocenters. The van der Waals surface area contributed by atoms with Crippen molar-refractivity contribution in [2.45, 2.75) is 25.7 Å². The minimum atomic E-state index is -0.810. The van der Waals surface area contributed by atoms with Crippen LogP contribution in [-0.4, -0.2) is 11.6 Å². The third-order valence-electron chi connectivity index (χ3n) is 5.66. The topological polar surface area (TPSA) is 22.1 Å². The number of hydrogen-bond donors (Lipinski definition) is 0. The molecular formula is C28H23ClF3NO. The van der Waals surface area contributed by atoms with Gasteiger partial charge in [-0.3, -0.25) is 4.98 Å². The Labute approximate surface area is 201 Å². The summed E-state index contributed by atoms with van der Waals surface area (Å²) >= 11 is 5.53. The standard InChI is InChI=1S/C28H23ClF3NO/c1-2-13-34-23-11-10-22(33-17-23)9-4-18-5-12-24-21(14-18)8-7-20(28(24)32)6-3-19-15-25(30)27(29)26(31)16-19/h2,5,7-8,10-12,14-17H,1,3-4,6,9,13H2. The van der Waals surface area contributed by atoms with E-state index in [1.807, 2.05) is 30.3 Å². The molecule has 0 atom stereocenters. The van der Waals surface area contributed by atoms with Gasteiger partial charge in [0.25, 0.3) is 0 Å². The summed E-state index contributed by atoms with van der Waals surface area (Å²) in [7, 11) is 0. The molecule has 3 aromatic carbocycles. The number of ether oxygens (including phenoxy) is 1. The Balaban J connectivity index is 1.42. The second kappa shape index (κ2) is 10.7. The van der Waals surface area contributed by atoms with Gasteiger partial charge in [-0.15, -0.1) is 0 Å². The van der Waals surface area contributed by atoms with E-state index in [-0.39, 0.29) is 5.82 Å². The molecular weight excluding hydrogens is 459 g/mol. The van der Waals surface area contributed by atoms with Gasteiger partial charge in [-0.25, -0.2) is 13.2 Å². The Morgan fingerprint density at radius 3 is 2.32 bits per heavy atom. The quantitative estimate of drug-likeness (QED) is 0.183. The van der Waals surface area contributed by atoms with Crippen LogP contribution in [0.25, 0.3) is 10.8 Å². The number of aryl methyl sites for hydroxylation is 4. The Kier molecular flexibility index (Phi) is 7.53. The van der Waals surface area contributed by atoms with Gasteiger partial charge in [-0.05, 0) is 72.0 Å². The molecule has 1 heterocycles. The van der Waals surface area contributed by atoms with Crippen LogP contribution in [0.1, 0.15) is 22.4 Å². The second-order valence-corrected chi connectivity index (χ2v) is 8.43. The maximum atomic E-state index is 15.1. The summed E-state index contributed by atoms with van der Waals surface area (Å²) in [4.78, 5) is 4.42. The van der Waals surface area contributed by atoms with Crippen molar-refractivity contribution in [1.82, 2.24) is 4.98 Å². The van der Waals surface area contributed by atoms with Crippen molar-refractivity contribution in [1.29, 1.82) is 0 Å². The minimum Gasteiger partial charge on any atom is -0.488 e. The van der Waals surface area contributed by atoms with Gasteiger partial charge in [-0.2, -0.15) is 0 Å². The van der Waals surface area contributed by atoms with Crippen LogP contribution in [0.5, 0.6) is 5.75 Å². The molecule has 4 rings (SSSR count). The van der Waals surface area contributed by atoms with E-state index in [2.05, 4.69) is 11.6 Å². The normalized spacial score (nSPS) is 11.1. The lowest BCUT2D eigenvalue weighted by Crippen LogP contribution is -1.99. The second-order valence-electron chi connectivity index (χ2n) is 8.05. The lowest BCUT2D eigenvalue weighted by Gasteiger charge is -2.10. The van der Waals surface area contributed by atoms with Crippen molar-refractivity contribution in [3.8, 4) is 5.75 Å². The van der Waals surface area contributed by atoms with Gasteiger partial charge in [0.15, 0.2) is 0 Å². The molecule has 34 heavy (non-hydrogen) atoms. The number of fused-ring (bicyclic) bond motifs is 1. The van der Waals surface area contributed by atoms with Crippen LogP contribution in [-0.2, 0) is 25.7 Å². The molecule has 0 amide bonds. The molecule has 0 bridgehead atoms. The Morgan fingerprint density at radius 2 is 1.62 bits per heavy atom. The fourth-order valence-corrected chi connectivity index (χ4v) is 3.95. The third kappa shape index (κ3) is 5.60. The van der Waals surface area contributed by atoms with Crippen molar-refractivity contribution in [2.75, 3.05) is 6.61 Å². The van der Waals surface area contributed by atoms with Crippen LogP contribution < -0.4 is 4.74 Å². The zero-order valence-corrected chi connectivity index (χ0v) is 19.2. The Morgan fingerprint density at radius 1 is 0.853 bits per heavy atom. The first-order chi connectivity index (χ1) is 16.4. The fourth-order valence-electron chi connectivity index (χ4n) is 3.84. The monoisotopic (exact) mass is 481 g/mol. The van der Waals surface area contributed by atoms with Crippen LogP contribution in [0, 0.1) is 17.5 Å². The molecule has 0 saturated heterocycles. The van der Waals surface area contributed by atoms with Gasteiger partial charge >= 0.3 is 0 Å². The van der Waals surface area contributed by atoms with Crippen LogP contribution >= 0.6 is 11.6 Å². The number of halogens is 4. The van der Waals surface area contributed by atoms with E-state index in [1.54, 1.807) is 24.4 Å². The Bertz CT molecular complexity index is 1300. The zero-order chi connectivity index (χ0) is 24.1. The molecule has 0 aliphatic carbocycles. The van der Waals surface area contributed by atoms with E-state index in [9.17, 15) is 8.78 Å². The lowest BCUT2D eigenvalue weighted by molar-refractivity contribution is 0.361. The molecule has 0 radical (unpaired) electrons. The summed E-state index contributed by atoms with van der Waals surface area (Å²) in [5, 5.41) is 0.807. The largest absolute Gasteiger partial charge is 0.488 e. The average molecular weight is 482 g/mol. The molecule has 0 saturated carbocycles. The number of rotatable bonds is 9. The summed E-state index contributed by atoms with van der Waals surface area (Å²) in [5.41, 5.74) is 2.96. The molecule has 0 spiro atoms. The summed E-state index contributed by atoms with van der Waals surface area (Å²) in [5.74, 6) is -1.23. The van der Waals surface area contributed by atoms with E-state index in [0.717, 1.165) is 29.5 Å². The lowest BCUT2D eigenvalue weighted by atomic mass is 9.98. The molecule has 1 aromatic heterocycles. The average Bonchev–Trinajstić information content (AvgIpc) is 2.85. The maximum Gasteiger partial charge on any atom is 0.145 e. The van der Waals surface area contributed by atoms with E-state index in [0.29, 0.717) is 41.7 Å². The molecule has 0 aliphatic rings. The van der Waals surface area contributed by atoms with E-state index < -0.39 is 16.7 Å². The highest BCUT2D eigenvalue weighted by molar-refractivity contribution is 6.30. The van der Waals surface area contributed by atoms with Crippen molar-refractivity contribution < 1.29 is 17.9 Å². The predicted molar refractivity (Wildman–Crippen MR) is 130 cm³/mol. The number of hydrogen-bond acceptors (Lipinski definition) is 2. The van der Waals surface area contributed by atoms with Gasteiger partial charge in [0.1, 0.15) is 34.8 Å². The SMILES string of the molecule is C=CCOc1ccc(CCc2ccc3c(F)c(CCc4cc(F)c(Cl)c(F)c4)ccc3c2)nc1. The van der Waals surface area contributed by atoms with E-state index in [1.165, 1.54) is 12.1 Å². The van der Waals surface area contributed by atoms with Crippen molar-refractivity contribution in [3.05, 3.63) is 118 Å². The third-order valence-corrected chi connectivity index (χ3v) is 6.02. The van der Waals surface area contributed by atoms with Gasteiger partial charge < -0.3 is 4.74 Å². The number of aromatic nitrogens is 1. The maximum absolute atomic E-state index is 15.1. The van der Waals surface area contributed by atoms with Crippen molar-refractivity contribution >= 4 is 22.4 Å². The predicted octanol–water partition coefficient (Wildman–Crippen LogP) is 7.44. The van der Waals surface area contributed by atoms with Crippen LogP contribution in [0.4, 0.5) is 13.2 Å². The van der Waals surface area contributed by atoms with Crippen LogP contribution in [0.15, 0.2) is 73.4 Å². The van der Waals surface area contributed by atoms with Crippen LogP contribution in [0.3, 0.4) is 0 Å². The fraction of sp³-hybridized carbons (Fsp3) is 0.179. The summed E-state index contributed by atoms with van der Waals surface area (Å²) in [6.07, 6.45) is 5.53. The summed E-state index contributed by atoms with van der Waals surface area (Å²) < 4.78 is 47.9. The number of benzene rings is 3. The zero-order valence-electron chi connectivity index (χ0n) is 18.5. The smallest absolute Gasteiger partial charge is 0.145 e. The highest BCUT2D eigenvalue weighted by atomic mass is 35.5. The van der Waals surface area contributed by atoms with E-state index in [4.69, 9.17) is 16.3 Å². The first-order valence-electron chi connectivity index (χ1n) is 11.0. The molecule has 0 N–H and O–H groups in total.